The van der Waals surface area contributed by atoms with Crippen molar-refractivity contribution in [2.45, 2.75) is 129 Å². The van der Waals surface area contributed by atoms with Gasteiger partial charge in [0.1, 0.15) is 18.1 Å². The monoisotopic (exact) mass is 677 g/mol. The first-order valence-corrected chi connectivity index (χ1v) is 21.1. The minimum Gasteiger partial charge on any atom is -0.391 e. The number of nitrogens with one attached hydrogen (secondary N) is 2. The minimum absolute atomic E-state index is 0.0309. The van der Waals surface area contributed by atoms with E-state index < -0.39 is 39.4 Å². The number of aliphatic hydroxyl groups excluding tert-OH is 1. The van der Waals surface area contributed by atoms with Crippen molar-refractivity contribution < 1.29 is 33.6 Å². The number of amides is 2. The number of rotatable bonds is 19. The van der Waals surface area contributed by atoms with Crippen molar-refractivity contribution in [2.24, 2.45) is 29.2 Å². The molecule has 2 fully saturated rings. The molecule has 13 heteroatoms. The van der Waals surface area contributed by atoms with Gasteiger partial charge in [-0.3, -0.25) is 14.2 Å². The van der Waals surface area contributed by atoms with Crippen LogP contribution in [-0.4, -0.2) is 82.6 Å². The van der Waals surface area contributed by atoms with E-state index in [9.17, 15) is 29.0 Å². The van der Waals surface area contributed by atoms with E-state index in [-0.39, 0.29) is 61.1 Å². The van der Waals surface area contributed by atoms with Gasteiger partial charge < -0.3 is 31.7 Å². The van der Waals surface area contributed by atoms with Crippen LogP contribution in [0.4, 0.5) is 0 Å². The Morgan fingerprint density at radius 3 is 2.20 bits per heavy atom. The molecule has 0 aromatic rings. The molecule has 45 heavy (non-hydrogen) atoms. The maximum Gasteiger partial charge on any atom is 0.295 e. The van der Waals surface area contributed by atoms with Crippen LogP contribution in [-0.2, 0) is 18.7 Å². The summed E-state index contributed by atoms with van der Waals surface area (Å²) in [7, 11) is -7.19. The van der Waals surface area contributed by atoms with Crippen LogP contribution in [0.5, 0.6) is 0 Å². The highest BCUT2D eigenvalue weighted by Crippen LogP contribution is 2.58. The van der Waals surface area contributed by atoms with Crippen molar-refractivity contribution in [1.82, 2.24) is 10.6 Å². The molecular weight excluding hydrogens is 614 g/mol. The molecule has 0 aromatic heterocycles. The molecule has 0 radical (unpaired) electrons. The van der Waals surface area contributed by atoms with E-state index in [1.807, 2.05) is 27.7 Å². The maximum absolute atomic E-state index is 14.6. The summed E-state index contributed by atoms with van der Waals surface area (Å²) >= 11 is 0. The number of allylic oxidation sites excluding steroid dienone is 1. The minimum atomic E-state index is -3.61. The van der Waals surface area contributed by atoms with Gasteiger partial charge in [-0.05, 0) is 68.3 Å². The predicted octanol–water partition coefficient (Wildman–Crippen LogP) is 4.25. The van der Waals surface area contributed by atoms with Crippen molar-refractivity contribution in [1.29, 1.82) is 0 Å². The molecule has 0 spiro atoms. The first kappa shape index (κ1) is 40.3. The zero-order valence-corrected chi connectivity index (χ0v) is 30.0. The van der Waals surface area contributed by atoms with E-state index in [1.165, 1.54) is 0 Å². The number of hydrogen-bond donors (Lipinski definition) is 7. The summed E-state index contributed by atoms with van der Waals surface area (Å²) in [6.07, 6.45) is 8.64. The molecule has 262 valence electrons. The van der Waals surface area contributed by atoms with Gasteiger partial charge in [-0.2, -0.15) is 0 Å². The van der Waals surface area contributed by atoms with Crippen LogP contribution >= 0.6 is 15.1 Å². The Morgan fingerprint density at radius 2 is 1.60 bits per heavy atom. The van der Waals surface area contributed by atoms with E-state index in [4.69, 9.17) is 16.0 Å². The van der Waals surface area contributed by atoms with Crippen LogP contribution < -0.4 is 22.1 Å². The fourth-order valence-corrected chi connectivity index (χ4v) is 11.1. The summed E-state index contributed by atoms with van der Waals surface area (Å²) in [6.45, 7) is 7.56. The molecule has 0 aliphatic heterocycles. The second kappa shape index (κ2) is 19.8. The molecule has 2 aliphatic rings. The second-order valence-electron chi connectivity index (χ2n) is 14.0. The highest BCUT2D eigenvalue weighted by molar-refractivity contribution is 7.67. The number of hydrogen-bond acceptors (Lipinski definition) is 9. The van der Waals surface area contributed by atoms with Crippen LogP contribution in [0.25, 0.3) is 0 Å². The van der Waals surface area contributed by atoms with E-state index in [0.717, 1.165) is 76.2 Å². The number of carbonyl (C=O) groups is 2. The molecule has 9 N–H and O–H groups in total. The van der Waals surface area contributed by atoms with Crippen molar-refractivity contribution >= 4 is 26.9 Å². The summed E-state index contributed by atoms with van der Waals surface area (Å²) in [5, 5.41) is 16.5. The van der Waals surface area contributed by atoms with E-state index >= 15 is 0 Å². The van der Waals surface area contributed by atoms with Gasteiger partial charge in [-0.1, -0.05) is 59.8 Å². The molecule has 0 aromatic carbocycles. The normalized spacial score (nSPS) is 21.3. The van der Waals surface area contributed by atoms with Crippen molar-refractivity contribution in [3.63, 3.8) is 0 Å². The summed E-state index contributed by atoms with van der Waals surface area (Å²) in [5.41, 5.74) is 13.1. The molecule has 2 unspecified atom stereocenters. The Bertz CT molecular complexity index is 983. The Labute approximate surface area is 272 Å². The largest absolute Gasteiger partial charge is 0.391 e. The highest BCUT2D eigenvalue weighted by Gasteiger charge is 2.41. The van der Waals surface area contributed by atoms with Crippen molar-refractivity contribution in [3.05, 3.63) is 11.4 Å². The third kappa shape index (κ3) is 15.7. The smallest absolute Gasteiger partial charge is 0.295 e. The number of aliphatic hydroxyl groups is 1. The number of carbonyl (C=O) groups excluding carboxylic acids is 2. The Balaban J connectivity index is 2.25. The number of nitrogens with two attached hydrogens (primary N) is 2. The zero-order valence-electron chi connectivity index (χ0n) is 28.2. The molecule has 6 atom stereocenters. The predicted molar refractivity (Wildman–Crippen MR) is 183 cm³/mol. The van der Waals surface area contributed by atoms with Gasteiger partial charge in [0, 0.05) is 19.3 Å². The molecule has 0 saturated heterocycles. The molecular formula is C32H63N4O7P2+. The van der Waals surface area contributed by atoms with E-state index in [0.29, 0.717) is 6.42 Å². The average molecular weight is 678 g/mol. The lowest BCUT2D eigenvalue weighted by molar-refractivity contribution is -0.124. The summed E-state index contributed by atoms with van der Waals surface area (Å²) in [6, 6.07) is -1.45. The summed E-state index contributed by atoms with van der Waals surface area (Å²) < 4.78 is 21.0. The molecule has 11 nitrogen and oxygen atoms in total. The Hall–Kier alpha value is -0.900. The molecule has 2 aliphatic carbocycles. The van der Waals surface area contributed by atoms with Gasteiger partial charge in [0.25, 0.3) is 7.72 Å². The highest BCUT2D eigenvalue weighted by atomic mass is 31.2. The maximum atomic E-state index is 14.6. The molecule has 2 saturated carbocycles. The summed E-state index contributed by atoms with van der Waals surface area (Å²) in [4.78, 5) is 47.7. The third-order valence-corrected chi connectivity index (χ3v) is 13.5. The quantitative estimate of drug-likeness (QED) is 0.0978. The molecule has 2 amide bonds. The van der Waals surface area contributed by atoms with Crippen LogP contribution in [0.3, 0.4) is 0 Å². The van der Waals surface area contributed by atoms with Gasteiger partial charge in [-0.25, -0.2) is 9.79 Å². The average Bonchev–Trinajstić information content (AvgIpc) is 2.97. The summed E-state index contributed by atoms with van der Waals surface area (Å²) in [5.74, 6) is 1.14. The fraction of sp³-hybridized carbons (Fsp3) is 0.875. The molecule has 0 bridgehead atoms. The molecule has 2 rings (SSSR count). The van der Waals surface area contributed by atoms with Crippen LogP contribution in [0.2, 0.25) is 0 Å². The standard InChI is InChI=1S/C32H62N4O7P2/c1-5-24(4)30(34)32(39)35-17-27(37)21-45(42,20-26-14-10-7-11-15-26)43-28(18-36-31(38)29(33)16-23(2)3)22-44(40,41)19-25-12-8-6-9-13-25/h19,23-24,26-30,37,40-41H,5-18,20-22,33-34H2,1-4H3,(H-,35,36,38,39)/p+1/t24?,27-,28-,29+,30+,45?/m1/s1. The third-order valence-electron chi connectivity index (χ3n) is 9.09. The SMILES string of the molecule is CCC(C)[C@H](N)C(=O)NC[C@@H](O)CP(=O)(CC1CCCCC1)O[C@H](CNC(=O)[C@@H](N)CC(C)C)C[P+](O)(O)C=C1CCCCC1. The lowest BCUT2D eigenvalue weighted by Crippen LogP contribution is -2.47. The van der Waals surface area contributed by atoms with Gasteiger partial charge in [0.15, 0.2) is 0 Å². The van der Waals surface area contributed by atoms with Gasteiger partial charge in [-0.15, -0.1) is 0 Å². The second-order valence-corrected chi connectivity index (χ2v) is 18.8. The molecule has 0 heterocycles. The Kier molecular flexibility index (Phi) is 17.7. The van der Waals surface area contributed by atoms with Crippen molar-refractivity contribution in [3.8, 4) is 0 Å². The lowest BCUT2D eigenvalue weighted by atomic mass is 9.91. The fourth-order valence-electron chi connectivity index (χ4n) is 6.31. The first-order valence-electron chi connectivity index (χ1n) is 17.2. The first-order chi connectivity index (χ1) is 21.1. The van der Waals surface area contributed by atoms with Gasteiger partial charge >= 0.3 is 0 Å². The van der Waals surface area contributed by atoms with Gasteiger partial charge in [0.05, 0.1) is 24.3 Å². The topological polar surface area (TPSA) is 197 Å². The zero-order chi connectivity index (χ0) is 33.6. The van der Waals surface area contributed by atoms with Crippen LogP contribution in [0.1, 0.15) is 105 Å². The lowest BCUT2D eigenvalue weighted by Gasteiger charge is -2.31. The van der Waals surface area contributed by atoms with E-state index in [1.54, 1.807) is 5.82 Å². The van der Waals surface area contributed by atoms with Crippen LogP contribution in [0.15, 0.2) is 11.4 Å². The van der Waals surface area contributed by atoms with Gasteiger partial charge in [0.2, 0.25) is 19.2 Å². The van der Waals surface area contributed by atoms with Crippen LogP contribution in [0, 0.1) is 17.8 Å². The van der Waals surface area contributed by atoms with Crippen molar-refractivity contribution in [2.75, 3.05) is 31.6 Å². The Morgan fingerprint density at radius 1 is 1.00 bits per heavy atom. The van der Waals surface area contributed by atoms with E-state index in [2.05, 4.69) is 10.6 Å².